The van der Waals surface area contributed by atoms with E-state index in [9.17, 15) is 9.59 Å². The number of thioether (sulfide) groups is 1. The fourth-order valence-electron chi connectivity index (χ4n) is 2.76. The second-order valence-electron chi connectivity index (χ2n) is 4.91. The number of carbonyl (C=O) groups excluding carboxylic acids is 2. The topological polar surface area (TPSA) is 60.9 Å². The van der Waals surface area contributed by atoms with Gasteiger partial charge in [-0.15, -0.1) is 11.8 Å². The first-order valence-corrected chi connectivity index (χ1v) is 7.38. The largest absolute Gasteiger partial charge is 0.395 e. The number of amides is 2. The summed E-state index contributed by atoms with van der Waals surface area (Å²) in [5, 5.41) is 8.97. The molecule has 2 atom stereocenters. The lowest BCUT2D eigenvalue weighted by Crippen LogP contribution is -2.51. The Morgan fingerprint density at radius 1 is 1.67 bits per heavy atom. The number of fused-ring (bicyclic) bond motifs is 1. The number of rotatable bonds is 4. The van der Waals surface area contributed by atoms with E-state index in [2.05, 4.69) is 0 Å². The summed E-state index contributed by atoms with van der Waals surface area (Å²) in [5.74, 6) is 0.724. The van der Waals surface area contributed by atoms with Gasteiger partial charge in [0.1, 0.15) is 6.04 Å². The maximum absolute atomic E-state index is 12.4. The third kappa shape index (κ3) is 2.12. The van der Waals surface area contributed by atoms with Crippen molar-refractivity contribution in [1.29, 1.82) is 0 Å². The third-order valence-electron chi connectivity index (χ3n) is 3.79. The van der Waals surface area contributed by atoms with E-state index in [1.165, 1.54) is 0 Å². The fourth-order valence-corrected chi connectivity index (χ4v) is 4.18. The Labute approximate surface area is 112 Å². The van der Waals surface area contributed by atoms with Crippen LogP contribution in [0.5, 0.6) is 0 Å². The molecule has 2 aliphatic heterocycles. The minimum absolute atomic E-state index is 0.0296. The lowest BCUT2D eigenvalue weighted by Gasteiger charge is -2.32. The maximum Gasteiger partial charge on any atom is 0.246 e. The second-order valence-corrected chi connectivity index (χ2v) is 6.41. The minimum atomic E-state index is -0.346. The Morgan fingerprint density at radius 2 is 2.39 bits per heavy atom. The standard InChI is InChI=1S/C12H20N2O3S/c1-3-13(6-7-15)11(17)9-8-18-12(2)5-4-10(16)14(9)12/h9,15H,3-8H2,1-2H3. The highest BCUT2D eigenvalue weighted by Gasteiger charge is 2.53. The van der Waals surface area contributed by atoms with Crippen LogP contribution in [-0.2, 0) is 9.59 Å². The Bertz CT molecular complexity index is 363. The number of carbonyl (C=O) groups is 2. The van der Waals surface area contributed by atoms with E-state index in [0.717, 1.165) is 6.42 Å². The molecule has 102 valence electrons. The Kier molecular flexibility index (Phi) is 3.87. The van der Waals surface area contributed by atoms with Crippen LogP contribution in [0.2, 0.25) is 0 Å². The molecular weight excluding hydrogens is 252 g/mol. The molecule has 6 heteroatoms. The smallest absolute Gasteiger partial charge is 0.246 e. The van der Waals surface area contributed by atoms with Gasteiger partial charge in [-0.25, -0.2) is 0 Å². The van der Waals surface area contributed by atoms with E-state index in [0.29, 0.717) is 25.3 Å². The van der Waals surface area contributed by atoms with Gasteiger partial charge in [0.15, 0.2) is 0 Å². The molecule has 2 unspecified atom stereocenters. The molecule has 0 aromatic rings. The lowest BCUT2D eigenvalue weighted by molar-refractivity contribution is -0.143. The van der Waals surface area contributed by atoms with Crippen LogP contribution in [0.4, 0.5) is 0 Å². The average Bonchev–Trinajstić information content (AvgIpc) is 2.83. The van der Waals surface area contributed by atoms with Crippen molar-refractivity contribution in [3.05, 3.63) is 0 Å². The number of aliphatic hydroxyl groups excluding tert-OH is 1. The molecule has 0 spiro atoms. The van der Waals surface area contributed by atoms with Gasteiger partial charge in [-0.3, -0.25) is 9.59 Å². The molecule has 0 aliphatic carbocycles. The summed E-state index contributed by atoms with van der Waals surface area (Å²) in [6.45, 7) is 4.80. The van der Waals surface area contributed by atoms with Gasteiger partial charge in [0, 0.05) is 25.3 Å². The molecule has 0 bridgehead atoms. The van der Waals surface area contributed by atoms with Gasteiger partial charge in [-0.2, -0.15) is 0 Å². The van der Waals surface area contributed by atoms with Crippen LogP contribution in [0.1, 0.15) is 26.7 Å². The first kappa shape index (κ1) is 13.7. The van der Waals surface area contributed by atoms with Gasteiger partial charge in [-0.05, 0) is 20.3 Å². The van der Waals surface area contributed by atoms with Crippen LogP contribution in [0.25, 0.3) is 0 Å². The highest BCUT2D eigenvalue weighted by Crippen LogP contribution is 2.47. The monoisotopic (exact) mass is 272 g/mol. The predicted molar refractivity (Wildman–Crippen MR) is 70.1 cm³/mol. The Balaban J connectivity index is 2.14. The first-order chi connectivity index (χ1) is 8.53. The molecule has 2 amide bonds. The highest BCUT2D eigenvalue weighted by atomic mass is 32.2. The van der Waals surface area contributed by atoms with Crippen LogP contribution in [0.15, 0.2) is 0 Å². The van der Waals surface area contributed by atoms with Crippen LogP contribution in [0, 0.1) is 0 Å². The van der Waals surface area contributed by atoms with Crippen LogP contribution < -0.4 is 0 Å². The van der Waals surface area contributed by atoms with Gasteiger partial charge < -0.3 is 14.9 Å². The van der Waals surface area contributed by atoms with Crippen molar-refractivity contribution in [2.24, 2.45) is 0 Å². The number of aliphatic hydroxyl groups is 1. The van der Waals surface area contributed by atoms with Crippen molar-refractivity contribution in [1.82, 2.24) is 9.80 Å². The van der Waals surface area contributed by atoms with Crippen LogP contribution in [0.3, 0.4) is 0 Å². The fraction of sp³-hybridized carbons (Fsp3) is 0.833. The SMILES string of the molecule is CCN(CCO)C(=O)C1CSC2(C)CCC(=O)N12. The quantitative estimate of drug-likeness (QED) is 0.798. The summed E-state index contributed by atoms with van der Waals surface area (Å²) in [6, 6.07) is -0.346. The van der Waals surface area contributed by atoms with Gasteiger partial charge in [0.05, 0.1) is 11.5 Å². The molecule has 2 rings (SSSR count). The molecule has 0 aromatic carbocycles. The van der Waals surface area contributed by atoms with Crippen LogP contribution >= 0.6 is 11.8 Å². The van der Waals surface area contributed by atoms with Crippen molar-refractivity contribution in [2.75, 3.05) is 25.4 Å². The normalized spacial score (nSPS) is 30.7. The molecule has 0 saturated carbocycles. The molecule has 2 saturated heterocycles. The summed E-state index contributed by atoms with van der Waals surface area (Å²) < 4.78 is 0. The van der Waals surface area contributed by atoms with Gasteiger partial charge in [0.25, 0.3) is 0 Å². The number of nitrogens with zero attached hydrogens (tertiary/aromatic N) is 2. The Hall–Kier alpha value is -0.750. The van der Waals surface area contributed by atoms with E-state index >= 15 is 0 Å². The molecular formula is C12H20N2O3S. The second kappa shape index (κ2) is 5.09. The summed E-state index contributed by atoms with van der Waals surface area (Å²) in [6.07, 6.45) is 1.37. The van der Waals surface area contributed by atoms with E-state index < -0.39 is 0 Å². The number of hydrogen-bond acceptors (Lipinski definition) is 4. The first-order valence-electron chi connectivity index (χ1n) is 6.39. The number of hydrogen-bond donors (Lipinski definition) is 1. The van der Waals surface area contributed by atoms with Gasteiger partial charge >= 0.3 is 0 Å². The van der Waals surface area contributed by atoms with Crippen molar-refractivity contribution < 1.29 is 14.7 Å². The van der Waals surface area contributed by atoms with Gasteiger partial charge in [-0.1, -0.05) is 0 Å². The average molecular weight is 272 g/mol. The molecule has 1 N–H and O–H groups in total. The summed E-state index contributed by atoms with van der Waals surface area (Å²) in [4.78, 5) is 27.5. The summed E-state index contributed by atoms with van der Waals surface area (Å²) in [5.41, 5.74) is 0. The highest BCUT2D eigenvalue weighted by molar-refractivity contribution is 8.01. The molecule has 2 heterocycles. The van der Waals surface area contributed by atoms with Crippen molar-refractivity contribution in [3.63, 3.8) is 0 Å². The summed E-state index contributed by atoms with van der Waals surface area (Å²) in [7, 11) is 0. The van der Waals surface area contributed by atoms with E-state index in [-0.39, 0.29) is 29.3 Å². The lowest BCUT2D eigenvalue weighted by atomic mass is 10.2. The minimum Gasteiger partial charge on any atom is -0.395 e. The zero-order valence-electron chi connectivity index (χ0n) is 10.9. The zero-order valence-corrected chi connectivity index (χ0v) is 11.7. The number of likely N-dealkylation sites (N-methyl/N-ethyl adjacent to an activating group) is 1. The van der Waals surface area contributed by atoms with E-state index in [4.69, 9.17) is 5.11 Å². The molecule has 0 radical (unpaired) electrons. The van der Waals surface area contributed by atoms with Gasteiger partial charge in [0.2, 0.25) is 11.8 Å². The Morgan fingerprint density at radius 3 is 3.00 bits per heavy atom. The van der Waals surface area contributed by atoms with E-state index in [1.807, 2.05) is 13.8 Å². The van der Waals surface area contributed by atoms with Crippen molar-refractivity contribution >= 4 is 23.6 Å². The molecule has 2 fully saturated rings. The zero-order chi connectivity index (χ0) is 13.3. The molecule has 2 aliphatic rings. The molecule has 0 aromatic heterocycles. The van der Waals surface area contributed by atoms with Crippen molar-refractivity contribution in [3.8, 4) is 0 Å². The van der Waals surface area contributed by atoms with Crippen LogP contribution in [-0.4, -0.2) is 63.1 Å². The molecule has 5 nitrogen and oxygen atoms in total. The predicted octanol–water partition coefficient (Wildman–Crippen LogP) is 0.281. The van der Waals surface area contributed by atoms with E-state index in [1.54, 1.807) is 21.6 Å². The summed E-state index contributed by atoms with van der Waals surface area (Å²) >= 11 is 1.70. The van der Waals surface area contributed by atoms with Crippen molar-refractivity contribution in [2.45, 2.75) is 37.6 Å². The maximum atomic E-state index is 12.4. The molecule has 18 heavy (non-hydrogen) atoms. The third-order valence-corrected chi connectivity index (χ3v) is 5.30.